The van der Waals surface area contributed by atoms with Crippen molar-refractivity contribution in [3.05, 3.63) is 54.2 Å². The zero-order valence-corrected chi connectivity index (χ0v) is 18.0. The highest BCUT2D eigenvalue weighted by Crippen LogP contribution is 2.37. The number of likely N-dealkylation sites (tertiary alicyclic amines) is 1. The summed E-state index contributed by atoms with van der Waals surface area (Å²) in [6, 6.07) is 14.3. The molecule has 1 saturated carbocycles. The van der Waals surface area contributed by atoms with Gasteiger partial charge in [-0.2, -0.15) is 0 Å². The van der Waals surface area contributed by atoms with Crippen molar-refractivity contribution in [2.75, 3.05) is 23.7 Å². The van der Waals surface area contributed by atoms with E-state index in [9.17, 15) is 4.79 Å². The number of carbonyl (C=O) groups is 1. The highest BCUT2D eigenvalue weighted by Gasteiger charge is 2.43. The van der Waals surface area contributed by atoms with Crippen molar-refractivity contribution >= 4 is 23.2 Å². The summed E-state index contributed by atoms with van der Waals surface area (Å²) in [7, 11) is 0. The second kappa shape index (κ2) is 8.69. The van der Waals surface area contributed by atoms with Gasteiger partial charge < -0.3 is 15.5 Å². The Hall–Kier alpha value is -2.89. The maximum absolute atomic E-state index is 12.9. The van der Waals surface area contributed by atoms with Gasteiger partial charge >= 0.3 is 0 Å². The van der Waals surface area contributed by atoms with E-state index in [0.717, 1.165) is 49.7 Å². The monoisotopic (exact) mass is 417 g/mol. The Kier molecular flexibility index (Phi) is 5.62. The minimum atomic E-state index is -0.283. The minimum Gasteiger partial charge on any atom is -0.370 e. The van der Waals surface area contributed by atoms with Gasteiger partial charge in [0.25, 0.3) is 0 Å². The maximum atomic E-state index is 12.9. The number of piperidine rings is 1. The molecule has 0 radical (unpaired) electrons. The lowest BCUT2D eigenvalue weighted by atomic mass is 9.84. The Morgan fingerprint density at radius 1 is 1.10 bits per heavy atom. The number of benzene rings is 1. The number of fused-ring (bicyclic) bond motifs is 1. The third-order valence-electron chi connectivity index (χ3n) is 7.04. The van der Waals surface area contributed by atoms with Gasteiger partial charge in [0.2, 0.25) is 5.91 Å². The summed E-state index contributed by atoms with van der Waals surface area (Å²) >= 11 is 0. The van der Waals surface area contributed by atoms with Gasteiger partial charge in [0, 0.05) is 25.7 Å². The molecule has 1 spiro atoms. The molecule has 2 aliphatic heterocycles. The number of carbonyl (C=O) groups excluding carboxylic acids is 1. The largest absolute Gasteiger partial charge is 0.370 e. The van der Waals surface area contributed by atoms with Crippen LogP contribution in [0, 0.1) is 5.92 Å². The van der Waals surface area contributed by atoms with Crippen molar-refractivity contribution in [2.24, 2.45) is 10.9 Å². The zero-order chi connectivity index (χ0) is 21.1. The minimum absolute atomic E-state index is 0.283. The quantitative estimate of drug-likeness (QED) is 0.771. The number of pyridine rings is 1. The van der Waals surface area contributed by atoms with Crippen LogP contribution in [-0.4, -0.2) is 40.3 Å². The third-order valence-corrected chi connectivity index (χ3v) is 7.04. The van der Waals surface area contributed by atoms with Gasteiger partial charge in [0.05, 0.1) is 17.8 Å². The number of anilines is 2. The van der Waals surface area contributed by atoms with Crippen LogP contribution in [0.1, 0.15) is 50.5 Å². The van der Waals surface area contributed by atoms with Crippen molar-refractivity contribution in [3.8, 4) is 0 Å². The van der Waals surface area contributed by atoms with Gasteiger partial charge in [-0.05, 0) is 49.3 Å². The first-order valence-electron chi connectivity index (χ1n) is 11.6. The first-order valence-corrected chi connectivity index (χ1v) is 11.6. The molecule has 1 amide bonds. The first-order chi connectivity index (χ1) is 15.2. The van der Waals surface area contributed by atoms with Crippen LogP contribution in [-0.2, 0) is 11.3 Å². The molecular weight excluding hydrogens is 386 g/mol. The van der Waals surface area contributed by atoms with Gasteiger partial charge in [0.15, 0.2) is 5.82 Å². The van der Waals surface area contributed by atoms with E-state index >= 15 is 0 Å². The number of hydrogen-bond acceptors (Lipinski definition) is 4. The van der Waals surface area contributed by atoms with E-state index in [1.54, 1.807) is 6.20 Å². The predicted molar refractivity (Wildman–Crippen MR) is 124 cm³/mol. The Bertz CT molecular complexity index is 943. The van der Waals surface area contributed by atoms with Crippen molar-refractivity contribution in [1.82, 2.24) is 9.88 Å². The zero-order valence-electron chi connectivity index (χ0n) is 18.0. The molecule has 5 rings (SSSR count). The second-order valence-corrected chi connectivity index (χ2v) is 9.12. The van der Waals surface area contributed by atoms with E-state index in [4.69, 9.17) is 4.99 Å². The summed E-state index contributed by atoms with van der Waals surface area (Å²) in [6.45, 7) is 2.15. The number of amides is 1. The molecule has 6 nitrogen and oxygen atoms in total. The number of amidine groups is 1. The van der Waals surface area contributed by atoms with Gasteiger partial charge in [-0.3, -0.25) is 9.79 Å². The highest BCUT2D eigenvalue weighted by atomic mass is 16.2. The molecule has 31 heavy (non-hydrogen) atoms. The molecule has 3 heterocycles. The molecule has 0 unspecified atom stereocenters. The average Bonchev–Trinajstić information content (AvgIpc) is 3.32. The van der Waals surface area contributed by atoms with Crippen molar-refractivity contribution < 1.29 is 4.79 Å². The highest BCUT2D eigenvalue weighted by molar-refractivity contribution is 6.08. The molecule has 1 saturated heterocycles. The van der Waals surface area contributed by atoms with Crippen molar-refractivity contribution in [1.29, 1.82) is 0 Å². The topological polar surface area (TPSA) is 69.6 Å². The molecule has 1 aromatic heterocycles. The average molecular weight is 418 g/mol. The number of aromatic nitrogens is 1. The lowest BCUT2D eigenvalue weighted by Crippen LogP contribution is -2.59. The van der Waals surface area contributed by atoms with Crippen LogP contribution in [0.3, 0.4) is 0 Å². The molecule has 2 N–H and O–H groups in total. The summed E-state index contributed by atoms with van der Waals surface area (Å²) in [5.74, 6) is 2.68. The molecule has 2 fully saturated rings. The lowest BCUT2D eigenvalue weighted by molar-refractivity contribution is -0.133. The number of nitrogens with one attached hydrogen (secondary N) is 2. The summed E-state index contributed by atoms with van der Waals surface area (Å²) in [5.41, 5.74) is 1.91. The summed E-state index contributed by atoms with van der Waals surface area (Å²) in [4.78, 5) is 24.4. The Morgan fingerprint density at radius 2 is 1.87 bits per heavy atom. The molecule has 6 heteroatoms. The normalized spacial score (nSPS) is 21.5. The van der Waals surface area contributed by atoms with E-state index < -0.39 is 0 Å². The molecule has 0 bridgehead atoms. The summed E-state index contributed by atoms with van der Waals surface area (Å²) in [5, 5.41) is 7.24. The Morgan fingerprint density at radius 3 is 2.65 bits per heavy atom. The molecule has 1 aliphatic carbocycles. The molecule has 162 valence electrons. The first kappa shape index (κ1) is 20.0. The van der Waals surface area contributed by atoms with Crippen LogP contribution in [0.5, 0.6) is 0 Å². The van der Waals surface area contributed by atoms with E-state index in [0.29, 0.717) is 18.4 Å². The van der Waals surface area contributed by atoms with Crippen molar-refractivity contribution in [3.63, 3.8) is 0 Å². The lowest BCUT2D eigenvalue weighted by Gasteiger charge is -2.46. The fourth-order valence-electron chi connectivity index (χ4n) is 5.19. The molecule has 1 aromatic carbocycles. The Balaban J connectivity index is 1.33. The number of rotatable bonds is 4. The standard InChI is InChI=1S/C25H31N5O/c31-22(17-19-7-4-5-8-19)30-15-12-25(13-16-30)24(27-18-20-9-2-1-3-10-20)28-23-21(29-25)11-6-14-26-23/h1-3,6,9-11,14,19,29H,4-5,7-8,12-13,15-18H2,(H,26,27,28). The van der Waals surface area contributed by atoms with Crippen molar-refractivity contribution in [2.45, 2.75) is 57.0 Å². The molecular formula is C25H31N5O. The fourth-order valence-corrected chi connectivity index (χ4v) is 5.19. The van der Waals surface area contributed by atoms with Crippen LogP contribution < -0.4 is 10.6 Å². The van der Waals surface area contributed by atoms with Crippen LogP contribution in [0.25, 0.3) is 0 Å². The van der Waals surface area contributed by atoms with Crippen LogP contribution in [0.4, 0.5) is 11.5 Å². The van der Waals surface area contributed by atoms with E-state index in [1.807, 2.05) is 24.3 Å². The number of hydrogen-bond donors (Lipinski definition) is 2. The van der Waals surface area contributed by atoms with Gasteiger partial charge in [-0.1, -0.05) is 43.2 Å². The van der Waals surface area contributed by atoms with E-state index in [1.165, 1.54) is 31.2 Å². The summed E-state index contributed by atoms with van der Waals surface area (Å²) in [6.07, 6.45) is 9.21. The molecule has 3 aliphatic rings. The van der Waals surface area contributed by atoms with E-state index in [-0.39, 0.29) is 5.54 Å². The molecule has 2 aromatic rings. The van der Waals surface area contributed by atoms with E-state index in [2.05, 4.69) is 38.7 Å². The number of nitrogens with zero attached hydrogens (tertiary/aromatic N) is 3. The van der Waals surface area contributed by atoms with Crippen LogP contribution >= 0.6 is 0 Å². The smallest absolute Gasteiger partial charge is 0.222 e. The third kappa shape index (κ3) is 4.29. The number of aliphatic imine (C=N–C) groups is 1. The SMILES string of the molecule is O=C(CC1CCCC1)N1CCC2(CC1)Nc1cccnc1NC2=NCc1ccccc1. The van der Waals surface area contributed by atoms with Gasteiger partial charge in [0.1, 0.15) is 5.84 Å². The van der Waals surface area contributed by atoms with Crippen LogP contribution in [0.15, 0.2) is 53.7 Å². The predicted octanol–water partition coefficient (Wildman–Crippen LogP) is 4.46. The fraction of sp³-hybridized carbons (Fsp3) is 0.480. The Labute approximate surface area is 184 Å². The summed E-state index contributed by atoms with van der Waals surface area (Å²) < 4.78 is 0. The van der Waals surface area contributed by atoms with Gasteiger partial charge in [-0.25, -0.2) is 4.98 Å². The second-order valence-electron chi connectivity index (χ2n) is 9.12. The van der Waals surface area contributed by atoms with Gasteiger partial charge in [-0.15, -0.1) is 0 Å². The molecule has 0 atom stereocenters. The maximum Gasteiger partial charge on any atom is 0.222 e. The van der Waals surface area contributed by atoms with Crippen LogP contribution in [0.2, 0.25) is 0 Å².